The Morgan fingerprint density at radius 2 is 1.96 bits per heavy atom. The minimum Gasteiger partial charge on any atom is -0.478 e. The molecule has 0 aromatic heterocycles. The first kappa shape index (κ1) is 24.1. The molecular formula is C18H30O6. The van der Waals surface area contributed by atoms with Gasteiger partial charge in [-0.3, -0.25) is 4.79 Å². The Hall–Kier alpha value is -2.11. The van der Waals surface area contributed by atoms with Crippen LogP contribution in [0.3, 0.4) is 0 Å². The number of carbonyl (C=O) groups excluding carboxylic acids is 2. The average molecular weight is 342 g/mol. The average Bonchev–Trinajstić information content (AvgIpc) is 2.75. The van der Waals surface area contributed by atoms with Crippen molar-refractivity contribution in [3.63, 3.8) is 0 Å². The van der Waals surface area contributed by atoms with Crippen LogP contribution in [0.25, 0.3) is 0 Å². The maximum Gasteiger partial charge on any atom is 0.330 e. The van der Waals surface area contributed by atoms with Crippen LogP contribution in [0.1, 0.15) is 59.3 Å². The van der Waals surface area contributed by atoms with Gasteiger partial charge in [-0.2, -0.15) is 0 Å². The van der Waals surface area contributed by atoms with Crippen LogP contribution in [0.2, 0.25) is 0 Å². The van der Waals surface area contributed by atoms with E-state index in [1.165, 1.54) is 12.2 Å². The van der Waals surface area contributed by atoms with Crippen molar-refractivity contribution in [2.24, 2.45) is 0 Å². The van der Waals surface area contributed by atoms with Crippen LogP contribution < -0.4 is 0 Å². The number of carboxylic acid groups (broad SMARTS) is 1. The van der Waals surface area contributed by atoms with E-state index in [1.54, 1.807) is 13.8 Å². The fourth-order valence-corrected chi connectivity index (χ4v) is 1.43. The van der Waals surface area contributed by atoms with Gasteiger partial charge in [0, 0.05) is 18.6 Å². The number of aliphatic carboxylic acids is 1. The van der Waals surface area contributed by atoms with E-state index < -0.39 is 5.97 Å². The number of hydrogen-bond donors (Lipinski definition) is 1. The Balaban J connectivity index is 0. The molecule has 0 aromatic carbocycles. The number of unbranched alkanes of at least 4 members (excludes halogenated alkanes) is 1. The molecule has 1 aliphatic rings. The zero-order valence-electron chi connectivity index (χ0n) is 15.0. The van der Waals surface area contributed by atoms with Gasteiger partial charge in [-0.15, -0.1) is 0 Å². The zero-order valence-corrected chi connectivity index (χ0v) is 15.0. The van der Waals surface area contributed by atoms with Crippen molar-refractivity contribution >= 4 is 17.9 Å². The highest BCUT2D eigenvalue weighted by atomic mass is 16.5. The summed E-state index contributed by atoms with van der Waals surface area (Å²) >= 11 is 0. The highest BCUT2D eigenvalue weighted by Crippen LogP contribution is 2.06. The highest BCUT2D eigenvalue weighted by molar-refractivity contribution is 5.81. The molecule has 6 nitrogen and oxygen atoms in total. The minimum atomic E-state index is -0.875. The van der Waals surface area contributed by atoms with Gasteiger partial charge in [-0.1, -0.05) is 25.5 Å². The van der Waals surface area contributed by atoms with Crippen molar-refractivity contribution < 1.29 is 29.0 Å². The van der Waals surface area contributed by atoms with Crippen LogP contribution in [0.4, 0.5) is 0 Å². The Labute approximate surface area is 144 Å². The SMILES string of the molecule is C=CC(=O)OCCCC.CC(C)=CC(=O)O.O=C1CCCCCO1. The first-order valence-corrected chi connectivity index (χ1v) is 8.16. The van der Waals surface area contributed by atoms with Crippen molar-refractivity contribution in [3.8, 4) is 0 Å². The van der Waals surface area contributed by atoms with E-state index >= 15 is 0 Å². The lowest BCUT2D eigenvalue weighted by molar-refractivity contribution is -0.142. The third kappa shape index (κ3) is 22.2. The largest absolute Gasteiger partial charge is 0.478 e. The summed E-state index contributed by atoms with van der Waals surface area (Å²) in [6.45, 7) is 9.95. The van der Waals surface area contributed by atoms with Crippen molar-refractivity contribution in [2.75, 3.05) is 13.2 Å². The lowest BCUT2D eigenvalue weighted by atomic mass is 10.2. The van der Waals surface area contributed by atoms with E-state index in [2.05, 4.69) is 11.3 Å². The fraction of sp³-hybridized carbons (Fsp3) is 0.611. The second-order valence-electron chi connectivity index (χ2n) is 5.32. The number of rotatable bonds is 5. The smallest absolute Gasteiger partial charge is 0.330 e. The molecule has 1 rings (SSSR count). The number of ether oxygens (including phenoxy) is 2. The van der Waals surface area contributed by atoms with Crippen molar-refractivity contribution in [2.45, 2.75) is 59.3 Å². The van der Waals surface area contributed by atoms with Gasteiger partial charge in [-0.25, -0.2) is 9.59 Å². The molecule has 0 amide bonds. The van der Waals surface area contributed by atoms with Gasteiger partial charge in [0.2, 0.25) is 0 Å². The Morgan fingerprint density at radius 3 is 2.42 bits per heavy atom. The summed E-state index contributed by atoms with van der Waals surface area (Å²) in [5, 5.41) is 8.01. The number of carbonyl (C=O) groups is 3. The molecule has 0 aromatic rings. The molecule has 0 spiro atoms. The third-order valence-electron chi connectivity index (χ3n) is 2.61. The van der Waals surface area contributed by atoms with Crippen molar-refractivity contribution in [1.82, 2.24) is 0 Å². The predicted octanol–water partition coefficient (Wildman–Crippen LogP) is 3.66. The number of cyclic esters (lactones) is 1. The predicted molar refractivity (Wildman–Crippen MR) is 92.6 cm³/mol. The van der Waals surface area contributed by atoms with E-state index in [4.69, 9.17) is 9.84 Å². The molecule has 1 heterocycles. The van der Waals surface area contributed by atoms with Crippen LogP contribution in [0.5, 0.6) is 0 Å². The van der Waals surface area contributed by atoms with Gasteiger partial charge in [0.15, 0.2) is 0 Å². The molecule has 1 fully saturated rings. The summed E-state index contributed by atoms with van der Waals surface area (Å²) < 4.78 is 9.44. The Bertz CT molecular complexity index is 398. The topological polar surface area (TPSA) is 89.9 Å². The molecule has 24 heavy (non-hydrogen) atoms. The Morgan fingerprint density at radius 1 is 1.29 bits per heavy atom. The van der Waals surface area contributed by atoms with E-state index in [0.29, 0.717) is 19.6 Å². The standard InChI is InChI=1S/C7H12O2.C6H10O2.C5H8O2/c1-3-5-6-9-7(8)4-2;7-6-4-2-1-3-5-8-6;1-4(2)3-5(6)7/h4H,2-3,5-6H2,1H3;1-5H2;3H,1-2H3,(H,6,7). The normalized spacial score (nSPS) is 12.7. The Kier molecular flexibility index (Phi) is 17.4. The molecule has 0 unspecified atom stereocenters. The molecule has 1 aliphatic heterocycles. The van der Waals surface area contributed by atoms with Gasteiger partial charge < -0.3 is 14.6 Å². The molecule has 0 bridgehead atoms. The third-order valence-corrected chi connectivity index (χ3v) is 2.61. The van der Waals surface area contributed by atoms with E-state index in [1.807, 2.05) is 6.92 Å². The van der Waals surface area contributed by atoms with Crippen LogP contribution in [-0.4, -0.2) is 36.2 Å². The molecule has 0 radical (unpaired) electrons. The van der Waals surface area contributed by atoms with Crippen molar-refractivity contribution in [1.29, 1.82) is 0 Å². The lowest BCUT2D eigenvalue weighted by Crippen LogP contribution is -2.00. The molecule has 6 heteroatoms. The summed E-state index contributed by atoms with van der Waals surface area (Å²) in [6.07, 6.45) is 8.15. The zero-order chi connectivity index (χ0) is 18.8. The summed E-state index contributed by atoms with van der Waals surface area (Å²) in [5.74, 6) is -1.23. The second kappa shape index (κ2) is 17.2. The van der Waals surface area contributed by atoms with E-state index in [9.17, 15) is 14.4 Å². The summed E-state index contributed by atoms with van der Waals surface area (Å²) in [4.78, 5) is 30.5. The van der Waals surface area contributed by atoms with E-state index in [-0.39, 0.29) is 11.9 Å². The summed E-state index contributed by atoms with van der Waals surface area (Å²) in [5.41, 5.74) is 0.813. The van der Waals surface area contributed by atoms with E-state index in [0.717, 1.165) is 37.7 Å². The van der Waals surface area contributed by atoms with Crippen LogP contribution >= 0.6 is 0 Å². The first-order chi connectivity index (χ1) is 11.3. The van der Waals surface area contributed by atoms with Gasteiger partial charge >= 0.3 is 17.9 Å². The second-order valence-corrected chi connectivity index (χ2v) is 5.32. The van der Waals surface area contributed by atoms with Crippen LogP contribution in [-0.2, 0) is 23.9 Å². The number of hydrogen-bond acceptors (Lipinski definition) is 5. The number of allylic oxidation sites excluding steroid dienone is 1. The van der Waals surface area contributed by atoms with Crippen LogP contribution in [0.15, 0.2) is 24.3 Å². The maximum absolute atomic E-state index is 10.5. The summed E-state index contributed by atoms with van der Waals surface area (Å²) in [7, 11) is 0. The molecule has 1 N–H and O–H groups in total. The molecule has 0 saturated carbocycles. The molecule has 1 saturated heterocycles. The van der Waals surface area contributed by atoms with Crippen LogP contribution in [0, 0.1) is 0 Å². The van der Waals surface area contributed by atoms with Gasteiger partial charge in [0.05, 0.1) is 13.2 Å². The van der Waals surface area contributed by atoms with Gasteiger partial charge in [0.1, 0.15) is 0 Å². The lowest BCUT2D eigenvalue weighted by Gasteiger charge is -1.97. The summed E-state index contributed by atoms with van der Waals surface area (Å²) in [6, 6.07) is 0. The monoisotopic (exact) mass is 342 g/mol. The quantitative estimate of drug-likeness (QED) is 0.466. The first-order valence-electron chi connectivity index (χ1n) is 8.16. The minimum absolute atomic E-state index is 0.0255. The number of carboxylic acids is 1. The molecule has 138 valence electrons. The maximum atomic E-state index is 10.5. The molecule has 0 aliphatic carbocycles. The van der Waals surface area contributed by atoms with Gasteiger partial charge in [-0.05, 0) is 39.5 Å². The molecule has 0 atom stereocenters. The fourth-order valence-electron chi connectivity index (χ4n) is 1.43. The van der Waals surface area contributed by atoms with Gasteiger partial charge in [0.25, 0.3) is 0 Å². The van der Waals surface area contributed by atoms with Crippen molar-refractivity contribution in [3.05, 3.63) is 24.3 Å². The highest BCUT2D eigenvalue weighted by Gasteiger charge is 2.05. The molecular weight excluding hydrogens is 312 g/mol. The number of esters is 2.